The van der Waals surface area contributed by atoms with E-state index in [1.807, 2.05) is 53.4 Å². The van der Waals surface area contributed by atoms with Crippen molar-refractivity contribution in [3.63, 3.8) is 0 Å². The summed E-state index contributed by atoms with van der Waals surface area (Å²) in [5, 5.41) is 4.11. The summed E-state index contributed by atoms with van der Waals surface area (Å²) in [4.78, 5) is 19.6. The zero-order valence-electron chi connectivity index (χ0n) is 17.9. The molecular formula is C24H27N3O4. The SMILES string of the molecule is COc1ccc(OC)c(CC(=O)N2CCCC2CCc2noc(-c3ccccc3)n2)c1. The number of aryl methyl sites for hydroxylation is 1. The molecule has 1 fully saturated rings. The molecule has 1 aliphatic heterocycles. The first-order valence-corrected chi connectivity index (χ1v) is 10.6. The molecule has 162 valence electrons. The summed E-state index contributed by atoms with van der Waals surface area (Å²) in [6.07, 6.45) is 3.77. The number of methoxy groups -OCH3 is 2. The molecule has 1 saturated heterocycles. The van der Waals surface area contributed by atoms with Crippen LogP contribution < -0.4 is 9.47 Å². The van der Waals surface area contributed by atoms with Gasteiger partial charge in [0.05, 0.1) is 20.6 Å². The maximum Gasteiger partial charge on any atom is 0.257 e. The molecule has 0 spiro atoms. The number of nitrogens with zero attached hydrogens (tertiary/aromatic N) is 3. The van der Waals surface area contributed by atoms with Crippen molar-refractivity contribution in [2.24, 2.45) is 0 Å². The fourth-order valence-corrected chi connectivity index (χ4v) is 4.10. The average molecular weight is 421 g/mol. The van der Waals surface area contributed by atoms with E-state index in [2.05, 4.69) is 10.1 Å². The van der Waals surface area contributed by atoms with Gasteiger partial charge in [0.25, 0.3) is 5.89 Å². The first-order valence-electron chi connectivity index (χ1n) is 10.6. The van der Waals surface area contributed by atoms with Crippen molar-refractivity contribution in [2.45, 2.75) is 38.1 Å². The summed E-state index contributed by atoms with van der Waals surface area (Å²) in [5.74, 6) is 2.72. The minimum Gasteiger partial charge on any atom is -0.497 e. The Morgan fingerprint density at radius 3 is 2.77 bits per heavy atom. The molecule has 0 aliphatic carbocycles. The second-order valence-corrected chi connectivity index (χ2v) is 7.66. The van der Waals surface area contributed by atoms with Gasteiger partial charge in [0.1, 0.15) is 11.5 Å². The van der Waals surface area contributed by atoms with Gasteiger partial charge in [-0.2, -0.15) is 4.98 Å². The van der Waals surface area contributed by atoms with E-state index in [0.29, 0.717) is 29.6 Å². The lowest BCUT2D eigenvalue weighted by Gasteiger charge is -2.25. The molecule has 0 saturated carbocycles. The molecule has 2 aromatic carbocycles. The van der Waals surface area contributed by atoms with Crippen molar-refractivity contribution in [1.82, 2.24) is 15.0 Å². The molecule has 7 nitrogen and oxygen atoms in total. The van der Waals surface area contributed by atoms with E-state index in [9.17, 15) is 4.79 Å². The van der Waals surface area contributed by atoms with Crippen LogP contribution in [0, 0.1) is 0 Å². The van der Waals surface area contributed by atoms with Gasteiger partial charge in [0.15, 0.2) is 5.82 Å². The third kappa shape index (κ3) is 4.87. The van der Waals surface area contributed by atoms with Gasteiger partial charge >= 0.3 is 0 Å². The molecule has 1 atom stereocenters. The van der Waals surface area contributed by atoms with Crippen molar-refractivity contribution < 1.29 is 18.8 Å². The van der Waals surface area contributed by atoms with Crippen LogP contribution in [0.2, 0.25) is 0 Å². The first-order chi connectivity index (χ1) is 15.2. The van der Waals surface area contributed by atoms with E-state index in [1.165, 1.54) is 0 Å². The van der Waals surface area contributed by atoms with Crippen LogP contribution in [0.15, 0.2) is 53.1 Å². The lowest BCUT2D eigenvalue weighted by Crippen LogP contribution is -2.37. The molecule has 3 aromatic rings. The quantitative estimate of drug-likeness (QED) is 0.549. The highest BCUT2D eigenvalue weighted by atomic mass is 16.5. The van der Waals surface area contributed by atoms with Gasteiger partial charge < -0.3 is 18.9 Å². The zero-order valence-corrected chi connectivity index (χ0v) is 17.9. The Morgan fingerprint density at radius 1 is 1.16 bits per heavy atom. The highest BCUT2D eigenvalue weighted by Gasteiger charge is 2.29. The number of amides is 1. The van der Waals surface area contributed by atoms with Gasteiger partial charge in [-0.3, -0.25) is 4.79 Å². The molecule has 7 heteroatoms. The van der Waals surface area contributed by atoms with Crippen LogP contribution in [0.1, 0.15) is 30.7 Å². The number of aromatic nitrogens is 2. The Labute approximate surface area is 182 Å². The van der Waals surface area contributed by atoms with Crippen LogP contribution in [0.3, 0.4) is 0 Å². The number of carbonyl (C=O) groups excluding carboxylic acids is 1. The summed E-state index contributed by atoms with van der Waals surface area (Å²) in [5.41, 5.74) is 1.74. The number of ether oxygens (including phenoxy) is 2. The molecule has 0 bridgehead atoms. The maximum absolute atomic E-state index is 13.1. The third-order valence-electron chi connectivity index (χ3n) is 5.72. The largest absolute Gasteiger partial charge is 0.497 e. The van der Waals surface area contributed by atoms with Gasteiger partial charge in [0.2, 0.25) is 5.91 Å². The van der Waals surface area contributed by atoms with Crippen LogP contribution in [0.25, 0.3) is 11.5 Å². The molecule has 1 aromatic heterocycles. The summed E-state index contributed by atoms with van der Waals surface area (Å²) in [7, 11) is 3.23. The number of benzene rings is 2. The molecule has 1 unspecified atom stereocenters. The van der Waals surface area contributed by atoms with Crippen LogP contribution in [0.5, 0.6) is 11.5 Å². The van der Waals surface area contributed by atoms with Gasteiger partial charge in [-0.05, 0) is 49.6 Å². The van der Waals surface area contributed by atoms with Crippen molar-refractivity contribution in [3.8, 4) is 23.0 Å². The van der Waals surface area contributed by atoms with Crippen LogP contribution in [-0.2, 0) is 17.6 Å². The standard InChI is InChI=1S/C24H27N3O4/c1-29-20-11-12-21(30-2)18(15-20)16-23(28)27-14-6-9-19(27)10-13-22-25-24(31-26-22)17-7-4-3-5-8-17/h3-5,7-8,11-12,15,19H,6,9-10,13-14,16H2,1-2H3. The van der Waals surface area contributed by atoms with Gasteiger partial charge in [-0.25, -0.2) is 0 Å². The summed E-state index contributed by atoms with van der Waals surface area (Å²) in [6, 6.07) is 15.5. The Bertz CT molecular complexity index is 1020. The number of hydrogen-bond donors (Lipinski definition) is 0. The zero-order chi connectivity index (χ0) is 21.6. The first kappa shape index (κ1) is 20.9. The molecule has 2 heterocycles. The third-order valence-corrected chi connectivity index (χ3v) is 5.72. The van der Waals surface area contributed by atoms with Crippen LogP contribution in [-0.4, -0.2) is 47.8 Å². The molecule has 0 radical (unpaired) electrons. The Balaban J connectivity index is 1.38. The maximum atomic E-state index is 13.1. The van der Waals surface area contributed by atoms with Crippen molar-refractivity contribution in [2.75, 3.05) is 20.8 Å². The Morgan fingerprint density at radius 2 is 2.00 bits per heavy atom. The highest BCUT2D eigenvalue weighted by Crippen LogP contribution is 2.27. The summed E-state index contributed by atoms with van der Waals surface area (Å²) in [6.45, 7) is 0.775. The van der Waals surface area contributed by atoms with Crippen molar-refractivity contribution >= 4 is 5.91 Å². The average Bonchev–Trinajstić information content (AvgIpc) is 3.48. The molecular weight excluding hydrogens is 394 g/mol. The topological polar surface area (TPSA) is 77.7 Å². The molecule has 0 N–H and O–H groups in total. The smallest absolute Gasteiger partial charge is 0.257 e. The van der Waals surface area contributed by atoms with Crippen LogP contribution in [0.4, 0.5) is 0 Å². The van der Waals surface area contributed by atoms with E-state index in [0.717, 1.165) is 36.9 Å². The second-order valence-electron chi connectivity index (χ2n) is 7.66. The summed E-state index contributed by atoms with van der Waals surface area (Å²) >= 11 is 0. The second kappa shape index (κ2) is 9.64. The lowest BCUT2D eigenvalue weighted by atomic mass is 10.1. The number of carbonyl (C=O) groups is 1. The van der Waals surface area contributed by atoms with E-state index in [1.54, 1.807) is 14.2 Å². The predicted octanol–water partition coefficient (Wildman–Crippen LogP) is 3.92. The fourth-order valence-electron chi connectivity index (χ4n) is 4.10. The molecule has 31 heavy (non-hydrogen) atoms. The minimum absolute atomic E-state index is 0.104. The highest BCUT2D eigenvalue weighted by molar-refractivity contribution is 5.80. The monoisotopic (exact) mass is 421 g/mol. The van der Waals surface area contributed by atoms with Gasteiger partial charge in [-0.15, -0.1) is 0 Å². The normalized spacial score (nSPS) is 15.8. The van der Waals surface area contributed by atoms with Crippen LogP contribution >= 0.6 is 0 Å². The molecule has 1 amide bonds. The van der Waals surface area contributed by atoms with Gasteiger partial charge in [-0.1, -0.05) is 23.4 Å². The van der Waals surface area contributed by atoms with E-state index < -0.39 is 0 Å². The van der Waals surface area contributed by atoms with Gasteiger partial charge in [0, 0.05) is 30.1 Å². The molecule has 4 rings (SSSR count). The van der Waals surface area contributed by atoms with E-state index in [-0.39, 0.29) is 18.4 Å². The van der Waals surface area contributed by atoms with Crippen molar-refractivity contribution in [3.05, 3.63) is 59.9 Å². The number of likely N-dealkylation sites (tertiary alicyclic amines) is 1. The Hall–Kier alpha value is -3.35. The number of hydrogen-bond acceptors (Lipinski definition) is 6. The van der Waals surface area contributed by atoms with Crippen molar-refractivity contribution in [1.29, 1.82) is 0 Å². The predicted molar refractivity (Wildman–Crippen MR) is 116 cm³/mol. The molecule has 1 aliphatic rings. The lowest BCUT2D eigenvalue weighted by molar-refractivity contribution is -0.131. The minimum atomic E-state index is 0.104. The summed E-state index contributed by atoms with van der Waals surface area (Å²) < 4.78 is 16.1. The van der Waals surface area contributed by atoms with E-state index in [4.69, 9.17) is 14.0 Å². The number of rotatable bonds is 8. The Kier molecular flexibility index (Phi) is 6.50. The van der Waals surface area contributed by atoms with E-state index >= 15 is 0 Å². The fraction of sp³-hybridized carbons (Fsp3) is 0.375.